The summed E-state index contributed by atoms with van der Waals surface area (Å²) < 4.78 is 7.44. The fourth-order valence-corrected chi connectivity index (χ4v) is 2.34. The van der Waals surface area contributed by atoms with Crippen molar-refractivity contribution >= 4 is 17.5 Å². The lowest BCUT2D eigenvalue weighted by atomic mass is 10.4. The van der Waals surface area contributed by atoms with Crippen LogP contribution in [0.15, 0.2) is 12.4 Å². The van der Waals surface area contributed by atoms with Gasteiger partial charge in [-0.2, -0.15) is 20.1 Å². The lowest BCUT2D eigenvalue weighted by molar-refractivity contribution is 0.436. The maximum Gasteiger partial charge on any atom is 0.328 e. The van der Waals surface area contributed by atoms with Gasteiger partial charge in [0.15, 0.2) is 5.75 Å². The van der Waals surface area contributed by atoms with Crippen molar-refractivity contribution in [2.24, 2.45) is 0 Å². The molecule has 0 aromatic carbocycles. The van der Waals surface area contributed by atoms with Gasteiger partial charge in [0, 0.05) is 19.1 Å². The monoisotopic (exact) mass is 308 g/mol. The molecule has 8 heteroatoms. The molecule has 0 bridgehead atoms. The Morgan fingerprint density at radius 3 is 2.62 bits per heavy atom. The molecule has 112 valence electrons. The van der Waals surface area contributed by atoms with Crippen LogP contribution in [0.2, 0.25) is 5.28 Å². The van der Waals surface area contributed by atoms with Gasteiger partial charge in [-0.3, -0.25) is 4.68 Å². The van der Waals surface area contributed by atoms with E-state index in [0.717, 1.165) is 25.9 Å². The summed E-state index contributed by atoms with van der Waals surface area (Å²) in [5, 5.41) is 4.35. The van der Waals surface area contributed by atoms with Gasteiger partial charge in [0.05, 0.1) is 12.4 Å². The van der Waals surface area contributed by atoms with Crippen LogP contribution in [0.5, 0.6) is 11.8 Å². The predicted octanol–water partition coefficient (Wildman–Crippen LogP) is 2.69. The standard InChI is InChI=1S/C13H17ClN6O/c1-9(2)20-8-10(7-15-20)21-13-17-11(14)16-12(18-13)19-5-3-4-6-19/h7-9H,3-6H2,1-2H3. The number of anilines is 1. The quantitative estimate of drug-likeness (QED) is 0.865. The summed E-state index contributed by atoms with van der Waals surface area (Å²) in [4.78, 5) is 14.6. The molecule has 0 unspecified atom stereocenters. The average molecular weight is 309 g/mol. The Labute approximate surface area is 127 Å². The first-order chi connectivity index (χ1) is 10.1. The van der Waals surface area contributed by atoms with Crippen molar-refractivity contribution in [3.05, 3.63) is 17.7 Å². The van der Waals surface area contributed by atoms with Gasteiger partial charge < -0.3 is 9.64 Å². The van der Waals surface area contributed by atoms with Gasteiger partial charge in [0.25, 0.3) is 0 Å². The summed E-state index contributed by atoms with van der Waals surface area (Å²) >= 11 is 5.96. The van der Waals surface area contributed by atoms with Crippen molar-refractivity contribution in [1.29, 1.82) is 0 Å². The predicted molar refractivity (Wildman–Crippen MR) is 79.0 cm³/mol. The van der Waals surface area contributed by atoms with E-state index in [0.29, 0.717) is 11.7 Å². The van der Waals surface area contributed by atoms with Crippen LogP contribution in [0.3, 0.4) is 0 Å². The fraction of sp³-hybridized carbons (Fsp3) is 0.538. The van der Waals surface area contributed by atoms with E-state index in [-0.39, 0.29) is 17.3 Å². The third kappa shape index (κ3) is 3.24. The van der Waals surface area contributed by atoms with Crippen LogP contribution < -0.4 is 9.64 Å². The summed E-state index contributed by atoms with van der Waals surface area (Å²) in [7, 11) is 0. The molecule has 1 aliphatic rings. The molecule has 0 saturated carbocycles. The van der Waals surface area contributed by atoms with E-state index in [4.69, 9.17) is 16.3 Å². The van der Waals surface area contributed by atoms with Gasteiger partial charge in [0.1, 0.15) is 0 Å². The maximum absolute atomic E-state index is 5.96. The molecule has 0 radical (unpaired) electrons. The molecule has 3 rings (SSSR count). The average Bonchev–Trinajstić information content (AvgIpc) is 3.08. The van der Waals surface area contributed by atoms with Gasteiger partial charge in [0.2, 0.25) is 11.2 Å². The molecule has 3 heterocycles. The topological polar surface area (TPSA) is 69.0 Å². The molecule has 1 aliphatic heterocycles. The molecule has 7 nitrogen and oxygen atoms in total. The highest BCUT2D eigenvalue weighted by molar-refractivity contribution is 6.28. The molecule has 21 heavy (non-hydrogen) atoms. The van der Waals surface area contributed by atoms with E-state index < -0.39 is 0 Å². The van der Waals surface area contributed by atoms with E-state index in [1.807, 2.05) is 13.8 Å². The molecule has 1 saturated heterocycles. The fourth-order valence-electron chi connectivity index (χ4n) is 2.19. The summed E-state index contributed by atoms with van der Waals surface area (Å²) in [5.74, 6) is 1.15. The highest BCUT2D eigenvalue weighted by atomic mass is 35.5. The van der Waals surface area contributed by atoms with Crippen LogP contribution in [0, 0.1) is 0 Å². The number of hydrogen-bond donors (Lipinski definition) is 0. The summed E-state index contributed by atoms with van der Waals surface area (Å²) in [6, 6.07) is 0.463. The normalized spacial score (nSPS) is 15.0. The molecule has 0 amide bonds. The van der Waals surface area contributed by atoms with Gasteiger partial charge in [-0.25, -0.2) is 0 Å². The Hall–Kier alpha value is -1.89. The van der Waals surface area contributed by atoms with E-state index in [1.54, 1.807) is 17.1 Å². The first kappa shape index (κ1) is 14.1. The Morgan fingerprint density at radius 2 is 1.95 bits per heavy atom. The van der Waals surface area contributed by atoms with Crippen molar-refractivity contribution in [3.8, 4) is 11.8 Å². The van der Waals surface area contributed by atoms with Crippen LogP contribution in [0.25, 0.3) is 0 Å². The van der Waals surface area contributed by atoms with Crippen LogP contribution >= 0.6 is 11.6 Å². The highest BCUT2D eigenvalue weighted by Crippen LogP contribution is 2.23. The number of hydrogen-bond acceptors (Lipinski definition) is 6. The largest absolute Gasteiger partial charge is 0.421 e. The summed E-state index contributed by atoms with van der Waals surface area (Å²) in [6.45, 7) is 5.96. The van der Waals surface area contributed by atoms with E-state index >= 15 is 0 Å². The van der Waals surface area contributed by atoms with Crippen LogP contribution in [-0.2, 0) is 0 Å². The lowest BCUT2D eigenvalue weighted by Crippen LogP contribution is -2.21. The molecule has 0 aliphatic carbocycles. The molecule has 0 N–H and O–H groups in total. The maximum atomic E-state index is 5.96. The number of aromatic nitrogens is 5. The van der Waals surface area contributed by atoms with Crippen LogP contribution in [0.4, 0.5) is 5.95 Å². The third-order valence-corrected chi connectivity index (χ3v) is 3.45. The van der Waals surface area contributed by atoms with Crippen molar-refractivity contribution < 1.29 is 4.74 Å². The number of rotatable bonds is 4. The lowest BCUT2D eigenvalue weighted by Gasteiger charge is -2.15. The molecule has 0 atom stereocenters. The molecular weight excluding hydrogens is 292 g/mol. The molecule has 0 spiro atoms. The first-order valence-electron chi connectivity index (χ1n) is 7.00. The van der Waals surface area contributed by atoms with E-state index in [1.165, 1.54) is 0 Å². The van der Waals surface area contributed by atoms with Crippen molar-refractivity contribution in [1.82, 2.24) is 24.7 Å². The van der Waals surface area contributed by atoms with E-state index in [9.17, 15) is 0 Å². The minimum absolute atomic E-state index is 0.137. The molecular formula is C13H17ClN6O. The zero-order chi connectivity index (χ0) is 14.8. The SMILES string of the molecule is CC(C)n1cc(Oc2nc(Cl)nc(N3CCCC3)n2)cn1. The second-order valence-corrected chi connectivity index (χ2v) is 5.57. The Kier molecular flexibility index (Phi) is 3.92. The zero-order valence-electron chi connectivity index (χ0n) is 12.0. The Balaban J connectivity index is 1.80. The molecule has 2 aromatic heterocycles. The third-order valence-electron chi connectivity index (χ3n) is 3.28. The van der Waals surface area contributed by atoms with Gasteiger partial charge >= 0.3 is 6.01 Å². The summed E-state index contributed by atoms with van der Waals surface area (Å²) in [5.41, 5.74) is 0. The van der Waals surface area contributed by atoms with Crippen LogP contribution in [-0.4, -0.2) is 37.8 Å². The van der Waals surface area contributed by atoms with Crippen molar-refractivity contribution in [3.63, 3.8) is 0 Å². The Bertz CT molecular complexity index is 623. The minimum Gasteiger partial charge on any atom is -0.421 e. The van der Waals surface area contributed by atoms with Gasteiger partial charge in [-0.05, 0) is 38.3 Å². The first-order valence-corrected chi connectivity index (χ1v) is 7.38. The zero-order valence-corrected chi connectivity index (χ0v) is 12.8. The second kappa shape index (κ2) is 5.85. The molecule has 2 aromatic rings. The number of nitrogens with zero attached hydrogens (tertiary/aromatic N) is 6. The number of ether oxygens (including phenoxy) is 1. The van der Waals surface area contributed by atoms with Crippen LogP contribution in [0.1, 0.15) is 32.7 Å². The van der Waals surface area contributed by atoms with Gasteiger partial charge in [-0.1, -0.05) is 0 Å². The second-order valence-electron chi connectivity index (χ2n) is 5.23. The summed E-state index contributed by atoms with van der Waals surface area (Å²) in [6.07, 6.45) is 5.71. The smallest absolute Gasteiger partial charge is 0.328 e. The van der Waals surface area contributed by atoms with Crippen molar-refractivity contribution in [2.45, 2.75) is 32.7 Å². The van der Waals surface area contributed by atoms with Crippen molar-refractivity contribution in [2.75, 3.05) is 18.0 Å². The number of halogens is 1. The Morgan fingerprint density at radius 1 is 1.19 bits per heavy atom. The molecule has 1 fully saturated rings. The van der Waals surface area contributed by atoms with Gasteiger partial charge in [-0.15, -0.1) is 0 Å². The minimum atomic E-state index is 0.137. The highest BCUT2D eigenvalue weighted by Gasteiger charge is 2.18. The van der Waals surface area contributed by atoms with E-state index in [2.05, 4.69) is 25.0 Å².